The van der Waals surface area contributed by atoms with E-state index in [-0.39, 0.29) is 35.4 Å². The Hall–Kier alpha value is -0.460. The maximum Gasteiger partial charge on any atom is 0.230 e. The van der Waals surface area contributed by atoms with Gasteiger partial charge in [-0.3, -0.25) is 9.59 Å². The van der Waals surface area contributed by atoms with Crippen molar-refractivity contribution in [3.63, 3.8) is 0 Å². The van der Waals surface area contributed by atoms with Crippen LogP contribution < -0.4 is 16.8 Å². The summed E-state index contributed by atoms with van der Waals surface area (Å²) in [5.41, 5.74) is 10.3. The van der Waals surface area contributed by atoms with Gasteiger partial charge in [-0.15, -0.1) is 24.2 Å². The van der Waals surface area contributed by atoms with Gasteiger partial charge in [-0.1, -0.05) is 13.8 Å². The van der Waals surface area contributed by atoms with E-state index < -0.39 is 5.91 Å². The number of rotatable bonds is 8. The summed E-state index contributed by atoms with van der Waals surface area (Å²) in [7, 11) is 0. The molecule has 7 heteroatoms. The first-order valence-electron chi connectivity index (χ1n) is 5.66. The summed E-state index contributed by atoms with van der Waals surface area (Å²) >= 11 is 1.21. The first-order valence-corrected chi connectivity index (χ1v) is 6.81. The molecule has 18 heavy (non-hydrogen) atoms. The van der Waals surface area contributed by atoms with Gasteiger partial charge >= 0.3 is 0 Å². The monoisotopic (exact) mass is 297 g/mol. The normalized spacial score (nSPS) is 13.6. The smallest absolute Gasteiger partial charge is 0.230 e. The summed E-state index contributed by atoms with van der Waals surface area (Å²) in [4.78, 5) is 22.2. The third-order valence-electron chi connectivity index (χ3n) is 2.23. The first-order chi connectivity index (χ1) is 7.79. The Morgan fingerprint density at radius 3 is 2.28 bits per heavy atom. The highest BCUT2D eigenvalue weighted by atomic mass is 35.5. The van der Waals surface area contributed by atoms with Crippen molar-refractivity contribution in [2.24, 2.45) is 17.4 Å². The molecule has 0 aromatic rings. The number of nitrogens with one attached hydrogen (secondary N) is 1. The van der Waals surface area contributed by atoms with Crippen LogP contribution >= 0.6 is 24.2 Å². The maximum atomic E-state index is 11.6. The highest BCUT2D eigenvalue weighted by molar-refractivity contribution is 8.00. The number of carbonyl (C=O) groups excluding carboxylic acids is 2. The van der Waals surface area contributed by atoms with E-state index in [4.69, 9.17) is 11.5 Å². The predicted octanol–water partition coefficient (Wildman–Crippen LogP) is 0.506. The highest BCUT2D eigenvalue weighted by Gasteiger charge is 2.25. The molecule has 5 nitrogen and oxygen atoms in total. The lowest BCUT2D eigenvalue weighted by Gasteiger charge is -2.31. The lowest BCUT2D eigenvalue weighted by atomic mass is 9.91. The van der Waals surface area contributed by atoms with Crippen LogP contribution in [0.5, 0.6) is 0 Å². The highest BCUT2D eigenvalue weighted by Crippen LogP contribution is 2.15. The number of hydrogen-bond acceptors (Lipinski definition) is 4. The fraction of sp³-hybridized carbons (Fsp3) is 0.818. The van der Waals surface area contributed by atoms with Crippen LogP contribution in [0.15, 0.2) is 0 Å². The van der Waals surface area contributed by atoms with Gasteiger partial charge in [0.25, 0.3) is 0 Å². The second kappa shape index (κ2) is 9.47. The number of carbonyl (C=O) groups is 2. The molecular weight excluding hydrogens is 274 g/mol. The van der Waals surface area contributed by atoms with E-state index in [0.717, 1.165) is 6.42 Å². The molecule has 0 spiro atoms. The average Bonchev–Trinajstić information content (AvgIpc) is 2.15. The standard InChI is InChI=1S/C11H23N3O2S.ClH/c1-8(2)4-11(3,7-12)14-10(16)6-17-5-9(13)15;/h8H,4-7,12H2,1-3H3,(H2,13,15)(H,14,16);1H. The Bertz CT molecular complexity index is 277. The summed E-state index contributed by atoms with van der Waals surface area (Å²) in [6, 6.07) is 0. The van der Waals surface area contributed by atoms with Gasteiger partial charge in [0.05, 0.1) is 11.5 Å². The van der Waals surface area contributed by atoms with Gasteiger partial charge in [-0.05, 0) is 19.3 Å². The molecule has 1 atom stereocenters. The second-order valence-corrected chi connectivity index (χ2v) is 5.86. The van der Waals surface area contributed by atoms with Gasteiger partial charge in [-0.2, -0.15) is 0 Å². The van der Waals surface area contributed by atoms with E-state index in [0.29, 0.717) is 12.5 Å². The van der Waals surface area contributed by atoms with Crippen LogP contribution in [-0.4, -0.2) is 35.4 Å². The molecule has 0 heterocycles. The van der Waals surface area contributed by atoms with Crippen molar-refractivity contribution in [3.8, 4) is 0 Å². The van der Waals surface area contributed by atoms with Crippen LogP contribution in [0, 0.1) is 5.92 Å². The summed E-state index contributed by atoms with van der Waals surface area (Å²) in [5, 5.41) is 2.91. The Kier molecular flexibility index (Phi) is 10.5. The molecule has 0 aliphatic heterocycles. The molecule has 108 valence electrons. The van der Waals surface area contributed by atoms with Gasteiger partial charge < -0.3 is 16.8 Å². The third-order valence-corrected chi connectivity index (χ3v) is 3.18. The lowest BCUT2D eigenvalue weighted by Crippen LogP contribution is -2.52. The van der Waals surface area contributed by atoms with Crippen LogP contribution in [0.25, 0.3) is 0 Å². The zero-order chi connectivity index (χ0) is 13.5. The Morgan fingerprint density at radius 2 is 1.89 bits per heavy atom. The summed E-state index contributed by atoms with van der Waals surface area (Å²) in [5.74, 6) is 0.339. The summed E-state index contributed by atoms with van der Waals surface area (Å²) in [6.07, 6.45) is 0.829. The predicted molar refractivity (Wildman–Crippen MR) is 78.8 cm³/mol. The van der Waals surface area contributed by atoms with Crippen molar-refractivity contribution in [2.45, 2.75) is 32.7 Å². The van der Waals surface area contributed by atoms with Crippen LogP contribution in [0.3, 0.4) is 0 Å². The van der Waals surface area contributed by atoms with Gasteiger partial charge in [0.15, 0.2) is 0 Å². The number of thioether (sulfide) groups is 1. The molecule has 0 saturated heterocycles. The molecule has 1 unspecified atom stereocenters. The van der Waals surface area contributed by atoms with Gasteiger partial charge in [0, 0.05) is 12.1 Å². The minimum atomic E-state index is -0.411. The van der Waals surface area contributed by atoms with Crippen LogP contribution in [0.1, 0.15) is 27.2 Å². The molecule has 0 aliphatic rings. The van der Waals surface area contributed by atoms with E-state index >= 15 is 0 Å². The molecular formula is C11H24ClN3O2S. The molecule has 0 aromatic heterocycles. The molecule has 5 N–H and O–H groups in total. The first kappa shape index (κ1) is 19.9. The van der Waals surface area contributed by atoms with Crippen molar-refractivity contribution < 1.29 is 9.59 Å². The van der Waals surface area contributed by atoms with Crippen molar-refractivity contribution >= 4 is 36.0 Å². The van der Waals surface area contributed by atoms with Crippen LogP contribution in [-0.2, 0) is 9.59 Å². The van der Waals surface area contributed by atoms with Crippen molar-refractivity contribution in [3.05, 3.63) is 0 Å². The average molecular weight is 298 g/mol. The SMILES string of the molecule is CC(C)CC(C)(CN)NC(=O)CSCC(N)=O.Cl. The quantitative estimate of drug-likeness (QED) is 0.608. The van der Waals surface area contributed by atoms with Crippen molar-refractivity contribution in [1.29, 1.82) is 0 Å². The lowest BCUT2D eigenvalue weighted by molar-refractivity contribution is -0.120. The van der Waals surface area contributed by atoms with E-state index in [1.807, 2.05) is 6.92 Å². The zero-order valence-corrected chi connectivity index (χ0v) is 12.8. The van der Waals surface area contributed by atoms with E-state index in [1.165, 1.54) is 11.8 Å². The Balaban J connectivity index is 0. The van der Waals surface area contributed by atoms with Gasteiger partial charge in [-0.25, -0.2) is 0 Å². The molecule has 0 fully saturated rings. The van der Waals surface area contributed by atoms with E-state index in [2.05, 4.69) is 19.2 Å². The van der Waals surface area contributed by atoms with E-state index in [1.54, 1.807) is 0 Å². The second-order valence-electron chi connectivity index (χ2n) is 4.87. The zero-order valence-electron chi connectivity index (χ0n) is 11.2. The van der Waals surface area contributed by atoms with Crippen LogP contribution in [0.2, 0.25) is 0 Å². The number of halogens is 1. The minimum Gasteiger partial charge on any atom is -0.369 e. The summed E-state index contributed by atoms with van der Waals surface area (Å²) in [6.45, 7) is 6.50. The molecule has 0 radical (unpaired) electrons. The molecule has 0 rings (SSSR count). The molecule has 2 amide bonds. The summed E-state index contributed by atoms with van der Waals surface area (Å²) < 4.78 is 0. The fourth-order valence-corrected chi connectivity index (χ4v) is 2.26. The number of nitrogens with two attached hydrogens (primary N) is 2. The topological polar surface area (TPSA) is 98.2 Å². The molecule has 0 aromatic carbocycles. The fourth-order valence-electron chi connectivity index (χ4n) is 1.70. The number of hydrogen-bond donors (Lipinski definition) is 3. The Labute approximate surface area is 119 Å². The van der Waals surface area contributed by atoms with Gasteiger partial charge in [0.1, 0.15) is 0 Å². The van der Waals surface area contributed by atoms with Crippen LogP contribution in [0.4, 0.5) is 0 Å². The van der Waals surface area contributed by atoms with Crippen molar-refractivity contribution in [1.82, 2.24) is 5.32 Å². The minimum absolute atomic E-state index is 0. The number of amides is 2. The Morgan fingerprint density at radius 1 is 1.33 bits per heavy atom. The van der Waals surface area contributed by atoms with Crippen molar-refractivity contribution in [2.75, 3.05) is 18.1 Å². The van der Waals surface area contributed by atoms with Gasteiger partial charge in [0.2, 0.25) is 11.8 Å². The molecule has 0 aliphatic carbocycles. The maximum absolute atomic E-state index is 11.6. The van der Waals surface area contributed by atoms with E-state index in [9.17, 15) is 9.59 Å². The largest absolute Gasteiger partial charge is 0.369 e. The third kappa shape index (κ3) is 9.56. The molecule has 0 saturated carbocycles. The number of primary amides is 1. The molecule has 0 bridgehead atoms.